The van der Waals surface area contributed by atoms with Crippen LogP contribution in [-0.2, 0) is 0 Å². The Labute approximate surface area is 113 Å². The zero-order valence-corrected chi connectivity index (χ0v) is 11.1. The molecule has 0 bridgehead atoms. The van der Waals surface area contributed by atoms with Gasteiger partial charge in [0.1, 0.15) is 0 Å². The van der Waals surface area contributed by atoms with Gasteiger partial charge in [-0.1, -0.05) is 49.4 Å². The molecule has 0 aliphatic heterocycles. The second-order valence-corrected chi connectivity index (χ2v) is 5.12. The highest BCUT2D eigenvalue weighted by Gasteiger charge is 2.30. The summed E-state index contributed by atoms with van der Waals surface area (Å²) >= 11 is 0. The van der Waals surface area contributed by atoms with Crippen molar-refractivity contribution >= 4 is 0 Å². The van der Waals surface area contributed by atoms with Crippen molar-refractivity contribution in [2.45, 2.75) is 31.3 Å². The molecule has 3 nitrogen and oxygen atoms in total. The molecular weight excluding hydrogens is 240 g/mol. The minimum absolute atomic E-state index is 0.0797. The maximum atomic E-state index is 10.2. The van der Waals surface area contributed by atoms with Gasteiger partial charge in [0.25, 0.3) is 0 Å². The Morgan fingerprint density at radius 2 is 1.95 bits per heavy atom. The molecule has 19 heavy (non-hydrogen) atoms. The Morgan fingerprint density at radius 1 is 1.26 bits per heavy atom. The molecule has 2 unspecified atom stereocenters. The number of aliphatic hydroxyl groups is 3. The van der Waals surface area contributed by atoms with Gasteiger partial charge in [-0.25, -0.2) is 0 Å². The monoisotopic (exact) mass is 260 g/mol. The zero-order chi connectivity index (χ0) is 13.9. The van der Waals surface area contributed by atoms with E-state index in [-0.39, 0.29) is 31.1 Å². The van der Waals surface area contributed by atoms with Crippen LogP contribution in [0.1, 0.15) is 31.2 Å². The molecule has 0 saturated carbocycles. The smallest absolute Gasteiger partial charge is 0.0992 e. The highest BCUT2D eigenvalue weighted by atomic mass is 16.3. The quantitative estimate of drug-likeness (QED) is 0.780. The van der Waals surface area contributed by atoms with Crippen LogP contribution in [0.3, 0.4) is 0 Å². The molecule has 1 aliphatic rings. The molecule has 1 aliphatic carbocycles. The molecule has 3 heteroatoms. The fourth-order valence-electron chi connectivity index (χ4n) is 2.47. The maximum absolute atomic E-state index is 10.2. The van der Waals surface area contributed by atoms with Crippen molar-refractivity contribution in [3.8, 4) is 0 Å². The molecule has 2 rings (SSSR count). The van der Waals surface area contributed by atoms with Gasteiger partial charge >= 0.3 is 0 Å². The summed E-state index contributed by atoms with van der Waals surface area (Å²) < 4.78 is 0. The molecule has 2 atom stereocenters. The number of allylic oxidation sites excluding steroid dienone is 2. The zero-order valence-electron chi connectivity index (χ0n) is 11.1. The van der Waals surface area contributed by atoms with Crippen LogP contribution in [0.15, 0.2) is 53.8 Å². The average Bonchev–Trinajstić information content (AvgIpc) is 2.39. The van der Waals surface area contributed by atoms with Crippen LogP contribution in [0.4, 0.5) is 0 Å². The highest BCUT2D eigenvalue weighted by molar-refractivity contribution is 5.39. The first-order chi connectivity index (χ1) is 9.06. The van der Waals surface area contributed by atoms with E-state index in [0.29, 0.717) is 0 Å². The summed E-state index contributed by atoms with van der Waals surface area (Å²) in [5.74, 6) is 0.283. The standard InChI is InChI=1S/C16H20O3/c1-12(13-5-3-2-4-6-13)14-7-8-16(19,9-10-17)11-15(14)18/h2-8,12,17-19H,9-11H2,1H3. The van der Waals surface area contributed by atoms with E-state index in [4.69, 9.17) is 5.11 Å². The lowest BCUT2D eigenvalue weighted by Gasteiger charge is -2.29. The van der Waals surface area contributed by atoms with Gasteiger partial charge < -0.3 is 15.3 Å². The molecule has 0 saturated heterocycles. The van der Waals surface area contributed by atoms with Gasteiger partial charge in [-0.15, -0.1) is 0 Å². The van der Waals surface area contributed by atoms with Crippen molar-refractivity contribution in [2.75, 3.05) is 6.61 Å². The second-order valence-electron chi connectivity index (χ2n) is 5.12. The SMILES string of the molecule is CC(C1=C(O)CC(O)(CCO)C=C1)c1ccccc1. The Bertz CT molecular complexity index is 490. The third-order valence-electron chi connectivity index (χ3n) is 3.69. The molecule has 0 fully saturated rings. The molecular formula is C16H20O3. The largest absolute Gasteiger partial charge is 0.512 e. The lowest BCUT2D eigenvalue weighted by atomic mass is 9.82. The van der Waals surface area contributed by atoms with Gasteiger partial charge in [-0.3, -0.25) is 0 Å². The lowest BCUT2D eigenvalue weighted by molar-refractivity contribution is 0.0491. The van der Waals surface area contributed by atoms with Gasteiger partial charge in [0.15, 0.2) is 0 Å². The number of aliphatic hydroxyl groups excluding tert-OH is 2. The van der Waals surface area contributed by atoms with E-state index in [1.54, 1.807) is 12.2 Å². The summed E-state index contributed by atoms with van der Waals surface area (Å²) in [5, 5.41) is 29.3. The number of benzene rings is 1. The normalized spacial score (nSPS) is 24.6. The first-order valence-corrected chi connectivity index (χ1v) is 6.55. The van der Waals surface area contributed by atoms with E-state index in [9.17, 15) is 10.2 Å². The van der Waals surface area contributed by atoms with Gasteiger partial charge in [0.2, 0.25) is 0 Å². The summed E-state index contributed by atoms with van der Waals surface area (Å²) in [5.41, 5.74) is 0.828. The molecule has 1 aromatic rings. The van der Waals surface area contributed by atoms with Gasteiger partial charge in [0.05, 0.1) is 11.4 Å². The first kappa shape index (κ1) is 13.8. The third-order valence-corrected chi connectivity index (χ3v) is 3.69. The molecule has 1 aromatic carbocycles. The van der Waals surface area contributed by atoms with Crippen molar-refractivity contribution in [1.29, 1.82) is 0 Å². The molecule has 0 spiro atoms. The number of rotatable bonds is 4. The van der Waals surface area contributed by atoms with Crippen LogP contribution in [0.25, 0.3) is 0 Å². The summed E-state index contributed by atoms with van der Waals surface area (Å²) in [6.45, 7) is 1.93. The Hall–Kier alpha value is -1.58. The molecule has 102 valence electrons. The average molecular weight is 260 g/mol. The van der Waals surface area contributed by atoms with Crippen molar-refractivity contribution < 1.29 is 15.3 Å². The third kappa shape index (κ3) is 3.06. The van der Waals surface area contributed by atoms with Crippen LogP contribution in [0.2, 0.25) is 0 Å². The molecule has 0 aromatic heterocycles. The topological polar surface area (TPSA) is 60.7 Å². The summed E-state index contributed by atoms with van der Waals surface area (Å²) in [6, 6.07) is 9.94. The van der Waals surface area contributed by atoms with Crippen molar-refractivity contribution in [1.82, 2.24) is 0 Å². The fraction of sp³-hybridized carbons (Fsp3) is 0.375. The Balaban J connectivity index is 2.21. The first-order valence-electron chi connectivity index (χ1n) is 6.55. The van der Waals surface area contributed by atoms with Gasteiger partial charge in [0, 0.05) is 25.4 Å². The summed E-state index contributed by atoms with van der Waals surface area (Å²) in [6.07, 6.45) is 3.85. The molecule has 0 amide bonds. The van der Waals surface area contributed by atoms with E-state index in [1.807, 2.05) is 37.3 Å². The van der Waals surface area contributed by atoms with Crippen LogP contribution in [0, 0.1) is 0 Å². The predicted octanol–water partition coefficient (Wildman–Crippen LogP) is 2.68. The van der Waals surface area contributed by atoms with E-state index < -0.39 is 5.60 Å². The lowest BCUT2D eigenvalue weighted by Crippen LogP contribution is -2.30. The Morgan fingerprint density at radius 3 is 2.53 bits per heavy atom. The maximum Gasteiger partial charge on any atom is 0.0992 e. The summed E-state index contributed by atoms with van der Waals surface area (Å²) in [4.78, 5) is 0. The van der Waals surface area contributed by atoms with E-state index in [0.717, 1.165) is 11.1 Å². The van der Waals surface area contributed by atoms with Crippen LogP contribution >= 0.6 is 0 Å². The van der Waals surface area contributed by atoms with E-state index in [1.165, 1.54) is 0 Å². The van der Waals surface area contributed by atoms with Crippen molar-refractivity contribution in [3.63, 3.8) is 0 Å². The van der Waals surface area contributed by atoms with Gasteiger partial charge in [-0.2, -0.15) is 0 Å². The minimum atomic E-state index is -1.13. The number of hydrogen-bond donors (Lipinski definition) is 3. The van der Waals surface area contributed by atoms with Crippen LogP contribution in [0.5, 0.6) is 0 Å². The van der Waals surface area contributed by atoms with E-state index in [2.05, 4.69) is 0 Å². The van der Waals surface area contributed by atoms with Crippen molar-refractivity contribution in [2.24, 2.45) is 0 Å². The Kier molecular flexibility index (Phi) is 4.08. The van der Waals surface area contributed by atoms with Gasteiger partial charge in [-0.05, 0) is 11.1 Å². The minimum Gasteiger partial charge on any atom is -0.512 e. The molecule has 0 heterocycles. The second kappa shape index (κ2) is 5.59. The predicted molar refractivity (Wildman–Crippen MR) is 74.9 cm³/mol. The van der Waals surface area contributed by atoms with E-state index >= 15 is 0 Å². The number of hydrogen-bond acceptors (Lipinski definition) is 3. The van der Waals surface area contributed by atoms with Crippen LogP contribution < -0.4 is 0 Å². The van der Waals surface area contributed by atoms with Crippen LogP contribution in [-0.4, -0.2) is 27.5 Å². The van der Waals surface area contributed by atoms with Crippen molar-refractivity contribution in [3.05, 3.63) is 59.4 Å². The molecule has 0 radical (unpaired) electrons. The summed E-state index contributed by atoms with van der Waals surface area (Å²) in [7, 11) is 0. The highest BCUT2D eigenvalue weighted by Crippen LogP contribution is 2.35. The molecule has 3 N–H and O–H groups in total. The fourth-order valence-corrected chi connectivity index (χ4v) is 2.47.